The molecule has 0 atom stereocenters. The van der Waals surface area contributed by atoms with Crippen LogP contribution in [-0.4, -0.2) is 43.5 Å². The van der Waals surface area contributed by atoms with Crippen molar-refractivity contribution in [3.63, 3.8) is 0 Å². The van der Waals surface area contributed by atoms with Crippen LogP contribution in [0, 0.1) is 5.92 Å². The number of nitrogens with zero attached hydrogens (tertiary/aromatic N) is 1. The number of likely N-dealkylation sites (tertiary alicyclic amines) is 1. The summed E-state index contributed by atoms with van der Waals surface area (Å²) in [5.74, 6) is 0.373. The molecule has 1 saturated heterocycles. The summed E-state index contributed by atoms with van der Waals surface area (Å²) in [6.07, 6.45) is 5.95. The van der Waals surface area contributed by atoms with E-state index in [2.05, 4.69) is 4.90 Å². The van der Waals surface area contributed by atoms with E-state index < -0.39 is 14.6 Å². The van der Waals surface area contributed by atoms with Crippen LogP contribution in [0.3, 0.4) is 0 Å². The highest BCUT2D eigenvalue weighted by Crippen LogP contribution is 2.46. The van der Waals surface area contributed by atoms with Gasteiger partial charge in [0.05, 0.1) is 9.64 Å². The first-order valence-corrected chi connectivity index (χ1v) is 12.6. The third kappa shape index (κ3) is 4.23. The van der Waals surface area contributed by atoms with Gasteiger partial charge in [-0.2, -0.15) is 0 Å². The number of sulfone groups is 1. The molecule has 0 unspecified atom stereocenters. The number of rotatable bonds is 8. The van der Waals surface area contributed by atoms with Gasteiger partial charge in [0.25, 0.3) is 0 Å². The van der Waals surface area contributed by atoms with Crippen LogP contribution < -0.4 is 0 Å². The molecule has 2 aromatic carbocycles. The van der Waals surface area contributed by atoms with Crippen LogP contribution in [0.1, 0.15) is 55.3 Å². The molecule has 0 bridgehead atoms. The molecule has 5 heteroatoms. The fourth-order valence-corrected chi connectivity index (χ4v) is 7.21. The third-order valence-electron chi connectivity index (χ3n) is 7.01. The minimum Gasteiger partial charge on any atom is -0.303 e. The summed E-state index contributed by atoms with van der Waals surface area (Å²) in [6, 6.07) is 18.5. The second-order valence-corrected chi connectivity index (χ2v) is 11.1. The summed E-state index contributed by atoms with van der Waals surface area (Å²) in [6.45, 7) is 2.75. The van der Waals surface area contributed by atoms with Crippen LogP contribution in [0.4, 0.5) is 0 Å². The van der Waals surface area contributed by atoms with Gasteiger partial charge in [-0.05, 0) is 70.3 Å². The quantitative estimate of drug-likeness (QED) is 0.572. The molecule has 1 aliphatic heterocycles. The lowest BCUT2D eigenvalue weighted by Crippen LogP contribution is -2.46. The normalized spacial score (nSPS) is 19.9. The van der Waals surface area contributed by atoms with E-state index in [1.54, 1.807) is 24.3 Å². The van der Waals surface area contributed by atoms with Gasteiger partial charge in [0.15, 0.2) is 15.6 Å². The zero-order valence-corrected chi connectivity index (χ0v) is 18.3. The smallest absolute Gasteiger partial charge is 0.184 e. The van der Waals surface area contributed by atoms with Crippen molar-refractivity contribution < 1.29 is 13.2 Å². The van der Waals surface area contributed by atoms with Gasteiger partial charge >= 0.3 is 0 Å². The summed E-state index contributed by atoms with van der Waals surface area (Å²) in [4.78, 5) is 15.5. The van der Waals surface area contributed by atoms with Crippen molar-refractivity contribution >= 4 is 15.6 Å². The molecule has 4 nitrogen and oxygen atoms in total. The predicted molar refractivity (Wildman–Crippen MR) is 119 cm³/mol. The Labute approximate surface area is 180 Å². The van der Waals surface area contributed by atoms with E-state index in [9.17, 15) is 13.2 Å². The Morgan fingerprint density at radius 2 is 1.53 bits per heavy atom. The second-order valence-electron chi connectivity index (χ2n) is 8.80. The predicted octanol–water partition coefficient (Wildman–Crippen LogP) is 4.76. The van der Waals surface area contributed by atoms with E-state index in [0.717, 1.165) is 70.1 Å². The van der Waals surface area contributed by atoms with Gasteiger partial charge in [0.1, 0.15) is 0 Å². The molecule has 0 aromatic heterocycles. The van der Waals surface area contributed by atoms with Crippen molar-refractivity contribution in [1.82, 2.24) is 4.90 Å². The zero-order chi connectivity index (χ0) is 21.0. The number of hydrogen-bond donors (Lipinski definition) is 0. The number of ketones is 1. The molecule has 0 radical (unpaired) electrons. The van der Waals surface area contributed by atoms with Gasteiger partial charge in [0, 0.05) is 11.5 Å². The minimum absolute atomic E-state index is 0.111. The molecule has 0 amide bonds. The molecular formula is C25H31NO3S. The van der Waals surface area contributed by atoms with Crippen LogP contribution in [0.25, 0.3) is 0 Å². The Morgan fingerprint density at radius 3 is 2.10 bits per heavy atom. The largest absolute Gasteiger partial charge is 0.303 e. The number of Topliss-reactive ketones (excluding diaryl/α,β-unsaturated/α-hetero) is 1. The first-order chi connectivity index (χ1) is 14.5. The van der Waals surface area contributed by atoms with E-state index in [4.69, 9.17) is 0 Å². The van der Waals surface area contributed by atoms with Gasteiger partial charge in [-0.1, -0.05) is 55.0 Å². The molecule has 2 fully saturated rings. The molecule has 0 N–H and O–H groups in total. The van der Waals surface area contributed by atoms with E-state index in [1.165, 1.54) is 0 Å². The average Bonchev–Trinajstić information content (AvgIpc) is 2.76. The maximum absolute atomic E-state index is 13.2. The molecule has 160 valence electrons. The zero-order valence-electron chi connectivity index (χ0n) is 17.5. The van der Waals surface area contributed by atoms with Crippen molar-refractivity contribution in [2.24, 2.45) is 5.92 Å². The molecule has 30 heavy (non-hydrogen) atoms. The van der Waals surface area contributed by atoms with Crippen LogP contribution in [0.5, 0.6) is 0 Å². The highest BCUT2D eigenvalue weighted by Gasteiger charge is 2.48. The molecule has 0 spiro atoms. The molecule has 2 aromatic rings. The van der Waals surface area contributed by atoms with Crippen molar-refractivity contribution in [2.45, 2.75) is 54.6 Å². The SMILES string of the molecule is O=C(c1ccccc1)C1CCN(CCCC2(S(=O)(=O)c3ccccc3)CCC2)CC1. The van der Waals surface area contributed by atoms with Crippen LogP contribution >= 0.6 is 0 Å². The van der Waals surface area contributed by atoms with Gasteiger partial charge < -0.3 is 4.90 Å². The van der Waals surface area contributed by atoms with Crippen molar-refractivity contribution in [3.8, 4) is 0 Å². The van der Waals surface area contributed by atoms with E-state index in [0.29, 0.717) is 4.90 Å². The average molecular weight is 426 g/mol. The Bertz CT molecular complexity index is 944. The Kier molecular flexibility index (Phi) is 6.40. The van der Waals surface area contributed by atoms with Gasteiger partial charge in [-0.15, -0.1) is 0 Å². The summed E-state index contributed by atoms with van der Waals surface area (Å²) < 4.78 is 25.9. The van der Waals surface area contributed by atoms with E-state index in [-0.39, 0.29) is 11.7 Å². The minimum atomic E-state index is -3.28. The molecule has 1 aliphatic carbocycles. The van der Waals surface area contributed by atoms with Gasteiger partial charge in [0.2, 0.25) is 0 Å². The number of carbonyl (C=O) groups is 1. The monoisotopic (exact) mass is 425 g/mol. The lowest BCUT2D eigenvalue weighted by atomic mass is 9.80. The topological polar surface area (TPSA) is 54.5 Å². The summed E-state index contributed by atoms with van der Waals surface area (Å²) in [5, 5.41) is 0. The molecule has 1 heterocycles. The number of hydrogen-bond acceptors (Lipinski definition) is 4. The molecule has 1 saturated carbocycles. The molecular weight excluding hydrogens is 394 g/mol. The molecule has 2 aliphatic rings. The van der Waals surface area contributed by atoms with Crippen molar-refractivity contribution in [3.05, 3.63) is 66.2 Å². The summed E-state index contributed by atoms with van der Waals surface area (Å²) >= 11 is 0. The van der Waals surface area contributed by atoms with Crippen molar-refractivity contribution in [2.75, 3.05) is 19.6 Å². The van der Waals surface area contributed by atoms with Crippen LogP contribution in [0.2, 0.25) is 0 Å². The van der Waals surface area contributed by atoms with Gasteiger partial charge in [-0.25, -0.2) is 8.42 Å². The van der Waals surface area contributed by atoms with E-state index in [1.807, 2.05) is 36.4 Å². The third-order valence-corrected chi connectivity index (χ3v) is 9.66. The first kappa shape index (κ1) is 21.3. The standard InChI is InChI=1S/C25H31NO3S/c27-24(21-9-3-1-4-10-21)22-13-19-26(20-14-22)18-8-17-25(15-7-16-25)30(28,29)23-11-5-2-6-12-23/h1-6,9-12,22H,7-8,13-20H2. The number of benzene rings is 2. The van der Waals surface area contributed by atoms with Crippen molar-refractivity contribution in [1.29, 1.82) is 0 Å². The summed E-state index contributed by atoms with van der Waals surface area (Å²) in [7, 11) is -3.28. The lowest BCUT2D eigenvalue weighted by Gasteiger charge is -2.42. The van der Waals surface area contributed by atoms with Gasteiger partial charge in [-0.3, -0.25) is 4.79 Å². The Morgan fingerprint density at radius 1 is 0.933 bits per heavy atom. The number of carbonyl (C=O) groups excluding carboxylic acids is 1. The van der Waals surface area contributed by atoms with Crippen LogP contribution in [-0.2, 0) is 9.84 Å². The maximum atomic E-state index is 13.2. The lowest BCUT2D eigenvalue weighted by molar-refractivity contribution is 0.0837. The Hall–Kier alpha value is -1.98. The highest BCUT2D eigenvalue weighted by molar-refractivity contribution is 7.93. The number of piperidine rings is 1. The maximum Gasteiger partial charge on any atom is 0.184 e. The fraction of sp³-hybridized carbons (Fsp3) is 0.480. The van der Waals surface area contributed by atoms with E-state index >= 15 is 0 Å². The summed E-state index contributed by atoms with van der Waals surface area (Å²) in [5.41, 5.74) is 0.814. The first-order valence-electron chi connectivity index (χ1n) is 11.1. The Balaban J connectivity index is 1.28. The highest BCUT2D eigenvalue weighted by atomic mass is 32.2. The molecule has 4 rings (SSSR count). The fourth-order valence-electron chi connectivity index (χ4n) is 4.96. The van der Waals surface area contributed by atoms with Crippen LogP contribution in [0.15, 0.2) is 65.6 Å². The second kappa shape index (κ2) is 9.03.